The van der Waals surface area contributed by atoms with Crippen LogP contribution in [0.4, 0.5) is 5.69 Å². The maximum atomic E-state index is 9.58. The summed E-state index contributed by atoms with van der Waals surface area (Å²) in [5.74, 6) is 0. The molecule has 17 heavy (non-hydrogen) atoms. The van der Waals surface area contributed by atoms with Crippen LogP contribution in [0.5, 0.6) is 0 Å². The number of benzene rings is 1. The van der Waals surface area contributed by atoms with Gasteiger partial charge in [-0.15, -0.1) is 0 Å². The van der Waals surface area contributed by atoms with Crippen molar-refractivity contribution in [3.63, 3.8) is 0 Å². The van der Waals surface area contributed by atoms with E-state index in [9.17, 15) is 10.2 Å². The Morgan fingerprint density at radius 2 is 2.00 bits per heavy atom. The Kier molecular flexibility index (Phi) is 3.89. The molecule has 94 valence electrons. The first-order valence-electron chi connectivity index (χ1n) is 5.66. The third-order valence-corrected chi connectivity index (χ3v) is 3.40. The SMILES string of the molecule is CNCc1c(Cl)cccc1N1CC(O)C(O)C1. The van der Waals surface area contributed by atoms with Crippen molar-refractivity contribution in [1.29, 1.82) is 0 Å². The number of rotatable bonds is 3. The van der Waals surface area contributed by atoms with Crippen LogP contribution in [0.25, 0.3) is 0 Å². The molecule has 0 amide bonds. The predicted molar refractivity (Wildman–Crippen MR) is 68.4 cm³/mol. The molecule has 3 N–H and O–H groups in total. The standard InChI is InChI=1S/C12H17ClN2O2/c1-14-5-8-9(13)3-2-4-10(8)15-6-11(16)12(17)7-15/h2-4,11-12,14,16-17H,5-7H2,1H3. The average Bonchev–Trinajstić information content (AvgIpc) is 2.62. The van der Waals surface area contributed by atoms with Crippen molar-refractivity contribution in [2.24, 2.45) is 0 Å². The lowest BCUT2D eigenvalue weighted by Gasteiger charge is -2.22. The van der Waals surface area contributed by atoms with E-state index in [1.54, 1.807) is 0 Å². The lowest BCUT2D eigenvalue weighted by molar-refractivity contribution is 0.0572. The molecule has 1 heterocycles. The molecule has 0 radical (unpaired) electrons. The lowest BCUT2D eigenvalue weighted by atomic mass is 10.1. The summed E-state index contributed by atoms with van der Waals surface area (Å²) in [5.41, 5.74) is 1.97. The zero-order valence-electron chi connectivity index (χ0n) is 9.73. The van der Waals surface area contributed by atoms with Crippen LogP contribution in [-0.2, 0) is 6.54 Å². The number of β-amino-alcohol motifs (C(OH)–C–C–N with tert-alkyl or cyclic N) is 2. The number of anilines is 1. The molecule has 0 bridgehead atoms. The molecule has 0 saturated carbocycles. The van der Waals surface area contributed by atoms with Crippen molar-refractivity contribution in [2.45, 2.75) is 18.8 Å². The van der Waals surface area contributed by atoms with Gasteiger partial charge >= 0.3 is 0 Å². The minimum absolute atomic E-state index is 0.443. The van der Waals surface area contributed by atoms with Crippen LogP contribution in [-0.4, -0.2) is 42.6 Å². The van der Waals surface area contributed by atoms with E-state index in [0.29, 0.717) is 24.7 Å². The van der Waals surface area contributed by atoms with E-state index >= 15 is 0 Å². The summed E-state index contributed by atoms with van der Waals surface area (Å²) < 4.78 is 0. The summed E-state index contributed by atoms with van der Waals surface area (Å²) in [5, 5.41) is 22.9. The van der Waals surface area contributed by atoms with E-state index in [1.165, 1.54) is 0 Å². The Morgan fingerprint density at radius 1 is 1.35 bits per heavy atom. The molecule has 1 aliphatic heterocycles. The monoisotopic (exact) mass is 256 g/mol. The molecule has 1 aromatic carbocycles. The summed E-state index contributed by atoms with van der Waals surface area (Å²) in [6.07, 6.45) is -1.37. The molecular formula is C12H17ClN2O2. The van der Waals surface area contributed by atoms with E-state index < -0.39 is 12.2 Å². The molecule has 1 aromatic rings. The molecule has 0 aromatic heterocycles. The third-order valence-electron chi connectivity index (χ3n) is 3.05. The Labute approximate surface area is 106 Å². The van der Waals surface area contributed by atoms with Gasteiger partial charge in [-0.25, -0.2) is 0 Å². The Hall–Kier alpha value is -0.810. The first-order chi connectivity index (χ1) is 8.13. The van der Waals surface area contributed by atoms with Crippen LogP contribution in [0.3, 0.4) is 0 Å². The summed E-state index contributed by atoms with van der Waals surface area (Å²) in [6.45, 7) is 1.55. The zero-order chi connectivity index (χ0) is 12.4. The van der Waals surface area contributed by atoms with Crippen molar-refractivity contribution in [2.75, 3.05) is 25.0 Å². The average molecular weight is 257 g/mol. The predicted octanol–water partition coefficient (Wildman–Crippen LogP) is 0.601. The minimum atomic E-state index is -0.684. The molecule has 4 nitrogen and oxygen atoms in total. The van der Waals surface area contributed by atoms with Gasteiger partial charge in [0.05, 0.1) is 12.2 Å². The van der Waals surface area contributed by atoms with Gasteiger partial charge in [0, 0.05) is 35.9 Å². The molecule has 0 spiro atoms. The number of nitrogens with one attached hydrogen (secondary N) is 1. The number of hydrogen-bond acceptors (Lipinski definition) is 4. The fraction of sp³-hybridized carbons (Fsp3) is 0.500. The molecular weight excluding hydrogens is 240 g/mol. The van der Waals surface area contributed by atoms with Gasteiger partial charge in [0.15, 0.2) is 0 Å². The van der Waals surface area contributed by atoms with E-state index in [4.69, 9.17) is 11.6 Å². The Bertz CT molecular complexity index is 390. The highest BCUT2D eigenvalue weighted by atomic mass is 35.5. The highest BCUT2D eigenvalue weighted by Crippen LogP contribution is 2.30. The van der Waals surface area contributed by atoms with Gasteiger partial charge in [-0.3, -0.25) is 0 Å². The molecule has 2 atom stereocenters. The van der Waals surface area contributed by atoms with Gasteiger partial charge in [0.1, 0.15) is 0 Å². The second-order valence-electron chi connectivity index (χ2n) is 4.31. The van der Waals surface area contributed by atoms with Crippen LogP contribution in [0.1, 0.15) is 5.56 Å². The first-order valence-corrected chi connectivity index (χ1v) is 6.04. The van der Waals surface area contributed by atoms with Gasteiger partial charge in [-0.1, -0.05) is 17.7 Å². The van der Waals surface area contributed by atoms with Crippen LogP contribution < -0.4 is 10.2 Å². The Morgan fingerprint density at radius 3 is 2.59 bits per heavy atom. The van der Waals surface area contributed by atoms with Crippen LogP contribution in [0.2, 0.25) is 5.02 Å². The highest BCUT2D eigenvalue weighted by molar-refractivity contribution is 6.31. The van der Waals surface area contributed by atoms with Gasteiger partial charge in [-0.05, 0) is 19.2 Å². The lowest BCUT2D eigenvalue weighted by Crippen LogP contribution is -2.23. The molecule has 2 unspecified atom stereocenters. The Balaban J connectivity index is 2.29. The van der Waals surface area contributed by atoms with E-state index in [2.05, 4.69) is 5.32 Å². The quantitative estimate of drug-likeness (QED) is 0.742. The third kappa shape index (κ3) is 2.55. The van der Waals surface area contributed by atoms with Crippen molar-refractivity contribution in [3.8, 4) is 0 Å². The highest BCUT2D eigenvalue weighted by Gasteiger charge is 2.30. The second-order valence-corrected chi connectivity index (χ2v) is 4.71. The molecule has 1 fully saturated rings. The summed E-state index contributed by atoms with van der Waals surface area (Å²) in [6, 6.07) is 5.69. The fourth-order valence-corrected chi connectivity index (χ4v) is 2.40. The number of nitrogens with zero attached hydrogens (tertiary/aromatic N) is 1. The van der Waals surface area contributed by atoms with E-state index in [-0.39, 0.29) is 0 Å². The van der Waals surface area contributed by atoms with Gasteiger partial charge in [-0.2, -0.15) is 0 Å². The molecule has 1 aliphatic rings. The number of aliphatic hydroxyl groups excluding tert-OH is 2. The minimum Gasteiger partial charge on any atom is -0.389 e. The normalized spacial score (nSPS) is 24.4. The summed E-state index contributed by atoms with van der Waals surface area (Å²) in [7, 11) is 1.86. The second kappa shape index (κ2) is 5.23. The van der Waals surface area contributed by atoms with Crippen molar-refractivity contribution < 1.29 is 10.2 Å². The smallest absolute Gasteiger partial charge is 0.0990 e. The van der Waals surface area contributed by atoms with E-state index in [0.717, 1.165) is 11.3 Å². The molecule has 2 rings (SSSR count). The number of aliphatic hydroxyl groups is 2. The zero-order valence-corrected chi connectivity index (χ0v) is 10.5. The van der Waals surface area contributed by atoms with Crippen molar-refractivity contribution in [3.05, 3.63) is 28.8 Å². The van der Waals surface area contributed by atoms with Gasteiger partial charge < -0.3 is 20.4 Å². The maximum Gasteiger partial charge on any atom is 0.0990 e. The fourth-order valence-electron chi connectivity index (χ4n) is 2.16. The summed E-state index contributed by atoms with van der Waals surface area (Å²) >= 11 is 6.17. The van der Waals surface area contributed by atoms with Crippen LogP contribution >= 0.6 is 11.6 Å². The number of hydrogen-bond donors (Lipinski definition) is 3. The van der Waals surface area contributed by atoms with Gasteiger partial charge in [0.25, 0.3) is 0 Å². The maximum absolute atomic E-state index is 9.58. The molecule has 0 aliphatic carbocycles. The molecule has 1 saturated heterocycles. The van der Waals surface area contributed by atoms with Crippen LogP contribution in [0.15, 0.2) is 18.2 Å². The first kappa shape index (κ1) is 12.6. The van der Waals surface area contributed by atoms with Crippen LogP contribution in [0, 0.1) is 0 Å². The van der Waals surface area contributed by atoms with Crippen molar-refractivity contribution in [1.82, 2.24) is 5.32 Å². The summed E-state index contributed by atoms with van der Waals surface area (Å²) in [4.78, 5) is 1.97. The number of halogens is 1. The van der Waals surface area contributed by atoms with Gasteiger partial charge in [0.2, 0.25) is 0 Å². The van der Waals surface area contributed by atoms with E-state index in [1.807, 2.05) is 30.1 Å². The van der Waals surface area contributed by atoms with Crippen molar-refractivity contribution >= 4 is 17.3 Å². The molecule has 5 heteroatoms. The topological polar surface area (TPSA) is 55.7 Å². The largest absolute Gasteiger partial charge is 0.389 e.